The number of hydrogen-bond donors (Lipinski definition) is 0. The second-order valence-electron chi connectivity index (χ2n) is 10.7. The topological polar surface area (TPSA) is 20.3 Å². The van der Waals surface area contributed by atoms with E-state index in [9.17, 15) is 4.79 Å². The number of rotatable bonds is 1. The third kappa shape index (κ3) is 2.28. The van der Waals surface area contributed by atoms with E-state index in [2.05, 4.69) is 18.7 Å². The molecular weight excluding hydrogens is 306 g/mol. The summed E-state index contributed by atoms with van der Waals surface area (Å²) < 4.78 is 0. The van der Waals surface area contributed by atoms with Gasteiger partial charge < -0.3 is 0 Å². The zero-order chi connectivity index (χ0) is 17.2. The minimum atomic E-state index is 0.00624. The van der Waals surface area contributed by atoms with Crippen molar-refractivity contribution in [3.8, 4) is 0 Å². The summed E-state index contributed by atoms with van der Waals surface area (Å²) in [6, 6.07) is 0.271. The Morgan fingerprint density at radius 1 is 0.880 bits per heavy atom. The number of carbonyl (C=O) groups is 1. The molecule has 25 heavy (non-hydrogen) atoms. The first kappa shape index (κ1) is 16.8. The van der Waals surface area contributed by atoms with E-state index in [0.29, 0.717) is 17.1 Å². The molecule has 1 aliphatic heterocycles. The molecule has 0 bridgehead atoms. The van der Waals surface area contributed by atoms with Crippen LogP contribution in [0.4, 0.5) is 0 Å². The molecule has 5 rings (SSSR count). The molecule has 4 saturated carbocycles. The van der Waals surface area contributed by atoms with Crippen molar-refractivity contribution in [3.63, 3.8) is 0 Å². The van der Waals surface area contributed by atoms with Crippen molar-refractivity contribution in [1.82, 2.24) is 4.90 Å². The fourth-order valence-electron chi connectivity index (χ4n) is 8.45. The Morgan fingerprint density at radius 3 is 2.48 bits per heavy atom. The Morgan fingerprint density at radius 2 is 1.68 bits per heavy atom. The minimum Gasteiger partial charge on any atom is -0.297 e. The van der Waals surface area contributed by atoms with Gasteiger partial charge in [0, 0.05) is 5.41 Å². The van der Waals surface area contributed by atoms with E-state index in [1.165, 1.54) is 83.7 Å². The molecule has 0 aromatic heterocycles. The first-order valence-electron chi connectivity index (χ1n) is 11.3. The Kier molecular flexibility index (Phi) is 3.90. The number of Topliss-reactive ketones (excluding diaryl/α,β-unsaturated/α-hetero) is 1. The SMILES string of the molecule is CC12CCC3C(CCC4CCCCC43C)C1C[C@@H](N1CCCC1)C2=O. The maximum absolute atomic E-state index is 13.4. The molecule has 140 valence electrons. The minimum absolute atomic E-state index is 0.00624. The maximum Gasteiger partial charge on any atom is 0.156 e. The van der Waals surface area contributed by atoms with Crippen molar-refractivity contribution >= 4 is 5.78 Å². The molecule has 0 spiro atoms. The van der Waals surface area contributed by atoms with Crippen LogP contribution in [0.1, 0.15) is 84.5 Å². The summed E-state index contributed by atoms with van der Waals surface area (Å²) >= 11 is 0. The molecular formula is C23H37NO. The van der Waals surface area contributed by atoms with Gasteiger partial charge in [0.05, 0.1) is 6.04 Å². The lowest BCUT2D eigenvalue weighted by molar-refractivity contribution is -0.140. The van der Waals surface area contributed by atoms with Gasteiger partial charge in [-0.2, -0.15) is 0 Å². The van der Waals surface area contributed by atoms with E-state index >= 15 is 0 Å². The van der Waals surface area contributed by atoms with Crippen LogP contribution in [0.2, 0.25) is 0 Å². The molecule has 2 nitrogen and oxygen atoms in total. The number of carbonyl (C=O) groups excluding carboxylic acids is 1. The highest BCUT2D eigenvalue weighted by molar-refractivity contribution is 5.92. The van der Waals surface area contributed by atoms with Crippen molar-refractivity contribution in [2.45, 2.75) is 90.5 Å². The number of fused-ring (bicyclic) bond motifs is 5. The van der Waals surface area contributed by atoms with E-state index in [1.807, 2.05) is 0 Å². The highest BCUT2D eigenvalue weighted by atomic mass is 16.1. The molecule has 0 radical (unpaired) electrons. The summed E-state index contributed by atoms with van der Waals surface area (Å²) in [5.74, 6) is 4.06. The second-order valence-corrected chi connectivity index (χ2v) is 10.7. The van der Waals surface area contributed by atoms with Crippen LogP contribution in [0.5, 0.6) is 0 Å². The lowest BCUT2D eigenvalue weighted by atomic mass is 9.45. The number of likely N-dealkylation sites (tertiary alicyclic amines) is 1. The number of ketones is 1. The van der Waals surface area contributed by atoms with Crippen molar-refractivity contribution in [1.29, 1.82) is 0 Å². The average Bonchev–Trinajstić information content (AvgIpc) is 3.21. The normalized spacial score (nSPS) is 53.4. The summed E-state index contributed by atoms with van der Waals surface area (Å²) in [7, 11) is 0. The van der Waals surface area contributed by atoms with Crippen LogP contribution < -0.4 is 0 Å². The third-order valence-electron chi connectivity index (χ3n) is 9.90. The van der Waals surface area contributed by atoms with Gasteiger partial charge in [-0.3, -0.25) is 9.69 Å². The van der Waals surface area contributed by atoms with Crippen LogP contribution in [0.15, 0.2) is 0 Å². The average molecular weight is 344 g/mol. The molecule has 1 heterocycles. The van der Waals surface area contributed by atoms with Crippen LogP contribution >= 0.6 is 0 Å². The summed E-state index contributed by atoms with van der Waals surface area (Å²) in [6.07, 6.45) is 15.1. The van der Waals surface area contributed by atoms with E-state index in [4.69, 9.17) is 0 Å². The fraction of sp³-hybridized carbons (Fsp3) is 0.957. The highest BCUT2D eigenvalue weighted by Gasteiger charge is 2.62. The second kappa shape index (κ2) is 5.81. The van der Waals surface area contributed by atoms with Gasteiger partial charge in [-0.15, -0.1) is 0 Å². The van der Waals surface area contributed by atoms with Crippen LogP contribution in [0, 0.1) is 34.5 Å². The van der Waals surface area contributed by atoms with Gasteiger partial charge in [0.15, 0.2) is 5.78 Å². The maximum atomic E-state index is 13.4. The number of hydrogen-bond acceptors (Lipinski definition) is 2. The lowest BCUT2D eigenvalue weighted by Gasteiger charge is -2.59. The van der Waals surface area contributed by atoms with Gasteiger partial charge in [-0.25, -0.2) is 0 Å². The predicted molar refractivity (Wildman–Crippen MR) is 101 cm³/mol. The van der Waals surface area contributed by atoms with Crippen molar-refractivity contribution < 1.29 is 4.79 Å². The molecule has 5 fully saturated rings. The first-order chi connectivity index (χ1) is 12.0. The molecule has 0 N–H and O–H groups in total. The Hall–Kier alpha value is -0.370. The number of nitrogens with zero attached hydrogens (tertiary/aromatic N) is 1. The van der Waals surface area contributed by atoms with E-state index in [1.54, 1.807) is 0 Å². The van der Waals surface area contributed by atoms with Gasteiger partial charge in [0.1, 0.15) is 0 Å². The zero-order valence-corrected chi connectivity index (χ0v) is 16.4. The lowest BCUT2D eigenvalue weighted by Crippen LogP contribution is -2.52. The van der Waals surface area contributed by atoms with Gasteiger partial charge in [0.25, 0.3) is 0 Å². The summed E-state index contributed by atoms with van der Waals surface area (Å²) in [4.78, 5) is 16.0. The monoisotopic (exact) mass is 343 g/mol. The molecule has 4 aliphatic carbocycles. The van der Waals surface area contributed by atoms with E-state index < -0.39 is 0 Å². The molecule has 0 aromatic rings. The van der Waals surface area contributed by atoms with Crippen molar-refractivity contribution in [2.75, 3.05) is 13.1 Å². The molecule has 6 unspecified atom stereocenters. The summed E-state index contributed by atoms with van der Waals surface area (Å²) in [6.45, 7) is 7.35. The highest BCUT2D eigenvalue weighted by Crippen LogP contribution is 2.65. The third-order valence-corrected chi connectivity index (χ3v) is 9.90. The van der Waals surface area contributed by atoms with Crippen LogP contribution in [-0.2, 0) is 4.79 Å². The van der Waals surface area contributed by atoms with Crippen LogP contribution in [0.25, 0.3) is 0 Å². The van der Waals surface area contributed by atoms with E-state index in [-0.39, 0.29) is 11.5 Å². The molecule has 0 amide bonds. The van der Waals surface area contributed by atoms with Crippen molar-refractivity contribution in [3.05, 3.63) is 0 Å². The van der Waals surface area contributed by atoms with Gasteiger partial charge >= 0.3 is 0 Å². The largest absolute Gasteiger partial charge is 0.297 e. The zero-order valence-electron chi connectivity index (χ0n) is 16.4. The van der Waals surface area contributed by atoms with Gasteiger partial charge in [0.2, 0.25) is 0 Å². The van der Waals surface area contributed by atoms with Gasteiger partial charge in [-0.1, -0.05) is 26.7 Å². The van der Waals surface area contributed by atoms with Crippen LogP contribution in [-0.4, -0.2) is 29.8 Å². The Bertz CT molecular complexity index is 552. The first-order valence-corrected chi connectivity index (χ1v) is 11.3. The quantitative estimate of drug-likeness (QED) is 0.663. The smallest absolute Gasteiger partial charge is 0.156 e. The Labute approximate surface area is 154 Å². The summed E-state index contributed by atoms with van der Waals surface area (Å²) in [5, 5.41) is 0. The molecule has 7 atom stereocenters. The molecule has 2 heteroatoms. The van der Waals surface area contributed by atoms with E-state index in [0.717, 1.165) is 17.8 Å². The van der Waals surface area contributed by atoms with Gasteiger partial charge in [-0.05, 0) is 100.0 Å². The molecule has 1 saturated heterocycles. The van der Waals surface area contributed by atoms with Crippen LogP contribution in [0.3, 0.4) is 0 Å². The fourth-order valence-corrected chi connectivity index (χ4v) is 8.45. The molecule has 0 aromatic carbocycles. The summed E-state index contributed by atoms with van der Waals surface area (Å²) in [5.41, 5.74) is 0.601. The predicted octanol–water partition coefficient (Wildman–Crippen LogP) is 5.06. The standard InChI is InChI=1S/C23H37NO/c1-22-11-4-3-7-16(22)8-9-17-18(22)10-12-23(2)19(17)15-20(21(23)25)24-13-5-6-14-24/h16-20H,3-15H2,1-2H3/t16?,17?,18?,19?,20-,22?,23?/m1/s1. The van der Waals surface area contributed by atoms with Crippen molar-refractivity contribution in [2.24, 2.45) is 34.5 Å². The molecule has 5 aliphatic rings. The Balaban J connectivity index is 1.43.